The Morgan fingerprint density at radius 1 is 1.47 bits per heavy atom. The molecule has 0 unspecified atom stereocenters. The van der Waals surface area contributed by atoms with Crippen molar-refractivity contribution >= 4 is 39.2 Å². The molecule has 0 aromatic heterocycles. The molecule has 5 nitrogen and oxygen atoms in total. The maximum Gasteiger partial charge on any atom is 0.305 e. The van der Waals surface area contributed by atoms with Crippen molar-refractivity contribution in [2.24, 2.45) is 0 Å². The van der Waals surface area contributed by atoms with Crippen LogP contribution >= 0.6 is 15.9 Å². The Morgan fingerprint density at radius 3 is 2.95 bits per heavy atom. The van der Waals surface area contributed by atoms with E-state index in [4.69, 9.17) is 0 Å². The molecule has 2 rings (SSSR count). The normalized spacial score (nSPS) is 16.7. The molecule has 1 atom stereocenters. The van der Waals surface area contributed by atoms with Crippen LogP contribution in [0.15, 0.2) is 28.4 Å². The first-order valence-electron chi connectivity index (χ1n) is 5.79. The average Bonchev–Trinajstić information content (AvgIpc) is 2.43. The monoisotopic (exact) mass is 324 g/mol. The van der Waals surface area contributed by atoms with E-state index in [2.05, 4.69) is 31.3 Å². The number of nitrogens with one attached hydrogen (secondary N) is 2. The molecule has 19 heavy (non-hydrogen) atoms. The first-order chi connectivity index (χ1) is 9.13. The summed E-state index contributed by atoms with van der Waals surface area (Å²) in [6.07, 6.45) is 0.715. The molecule has 1 aromatic rings. The third-order valence-electron chi connectivity index (χ3n) is 2.90. The van der Waals surface area contributed by atoms with Crippen molar-refractivity contribution < 1.29 is 14.3 Å². The molecule has 0 aliphatic carbocycles. The minimum absolute atomic E-state index is 0.243. The van der Waals surface area contributed by atoms with Crippen LogP contribution in [0.3, 0.4) is 0 Å². The summed E-state index contributed by atoms with van der Waals surface area (Å²) >= 11 is 3.37. The lowest BCUT2D eigenvalue weighted by Gasteiger charge is -2.28. The van der Waals surface area contributed by atoms with Crippen molar-refractivity contribution in [1.82, 2.24) is 0 Å². The van der Waals surface area contributed by atoms with Gasteiger partial charge >= 0.3 is 5.97 Å². The molecular weight excluding hydrogens is 312 g/mol. The molecule has 2 N–H and O–H groups in total. The number of halogens is 1. The molecule has 1 aromatic carbocycles. The van der Waals surface area contributed by atoms with E-state index < -0.39 is 0 Å². The second-order valence-electron chi connectivity index (χ2n) is 4.14. The van der Waals surface area contributed by atoms with Crippen molar-refractivity contribution in [1.29, 1.82) is 0 Å². The summed E-state index contributed by atoms with van der Waals surface area (Å²) in [5.74, 6) is 1.58. The molecule has 0 fully saturated rings. The summed E-state index contributed by atoms with van der Waals surface area (Å²) in [6.45, 7) is 0. The largest absolute Gasteiger partial charge is 0.469 e. The fourth-order valence-electron chi connectivity index (χ4n) is 1.92. The van der Waals surface area contributed by atoms with Crippen LogP contribution in [0.1, 0.15) is 12.8 Å². The van der Waals surface area contributed by atoms with Gasteiger partial charge in [-0.25, -0.2) is 4.79 Å². The van der Waals surface area contributed by atoms with Gasteiger partial charge < -0.3 is 15.4 Å². The van der Waals surface area contributed by atoms with Crippen LogP contribution in [-0.4, -0.2) is 25.1 Å². The molecule has 0 bridgehead atoms. The summed E-state index contributed by atoms with van der Waals surface area (Å²) in [7, 11) is 1.35. The molecule has 0 saturated heterocycles. The Morgan fingerprint density at radius 2 is 2.26 bits per heavy atom. The first-order valence-corrected chi connectivity index (χ1v) is 6.58. The van der Waals surface area contributed by atoms with E-state index in [-0.39, 0.29) is 18.4 Å². The molecule has 1 aliphatic rings. The zero-order chi connectivity index (χ0) is 13.8. The average molecular weight is 325 g/mol. The molecule has 6 heteroatoms. The van der Waals surface area contributed by atoms with Crippen molar-refractivity contribution in [3.63, 3.8) is 0 Å². The second kappa shape index (κ2) is 5.91. The minimum atomic E-state index is -0.298. The van der Waals surface area contributed by atoms with Crippen molar-refractivity contribution in [3.8, 4) is 0 Å². The lowest BCUT2D eigenvalue weighted by atomic mass is 10.0. The Hall–Kier alpha value is -1.78. The highest BCUT2D eigenvalue weighted by molar-refractivity contribution is 9.10. The summed E-state index contributed by atoms with van der Waals surface area (Å²) in [4.78, 5) is 22.1. The van der Waals surface area contributed by atoms with Crippen molar-refractivity contribution in [3.05, 3.63) is 28.4 Å². The maximum atomic E-state index is 11.2. The minimum Gasteiger partial charge on any atom is -0.469 e. The number of hydrogen-bond donors (Lipinski definition) is 2. The topological polar surface area (TPSA) is 67.4 Å². The highest BCUT2D eigenvalue weighted by atomic mass is 79.9. The number of carbonyl (C=O) groups is 1. The molecule has 0 radical (unpaired) electrons. The molecule has 0 spiro atoms. The van der Waals surface area contributed by atoms with Crippen LogP contribution in [0.2, 0.25) is 0 Å². The van der Waals surface area contributed by atoms with Gasteiger partial charge in [-0.05, 0) is 24.6 Å². The molecule has 0 amide bonds. The fraction of sp³-hybridized carbons (Fsp3) is 0.308. The van der Waals surface area contributed by atoms with E-state index >= 15 is 0 Å². The van der Waals surface area contributed by atoms with Gasteiger partial charge in [0.15, 0.2) is 0 Å². The number of carbonyl (C=O) groups excluding carboxylic acids is 2. The molecule has 1 aliphatic heterocycles. The van der Waals surface area contributed by atoms with E-state index in [1.54, 1.807) is 0 Å². The van der Waals surface area contributed by atoms with E-state index in [9.17, 15) is 9.59 Å². The van der Waals surface area contributed by atoms with Crippen LogP contribution in [0.5, 0.6) is 0 Å². The standard InChI is InChI=1S/C13H13BrN2O3/c1-19-13(18)5-4-10-12(7-17)16-11-6-8(14)2-3-9(11)15-10/h2-3,6,10,15-16H,4-5H2,1H3/t10-/m0/s1. The number of benzene rings is 1. The Bertz CT molecular complexity index is 553. The van der Waals surface area contributed by atoms with Gasteiger partial charge in [-0.2, -0.15) is 0 Å². The highest BCUT2D eigenvalue weighted by Crippen LogP contribution is 2.33. The lowest BCUT2D eigenvalue weighted by molar-refractivity contribution is -0.140. The Balaban J connectivity index is 2.16. The van der Waals surface area contributed by atoms with E-state index in [1.807, 2.05) is 24.1 Å². The van der Waals surface area contributed by atoms with Crippen molar-refractivity contribution in [2.75, 3.05) is 17.7 Å². The van der Waals surface area contributed by atoms with Crippen LogP contribution in [0, 0.1) is 0 Å². The van der Waals surface area contributed by atoms with Gasteiger partial charge in [0, 0.05) is 10.9 Å². The second-order valence-corrected chi connectivity index (χ2v) is 5.06. The lowest BCUT2D eigenvalue weighted by Crippen LogP contribution is -2.32. The first kappa shape index (κ1) is 13.6. The SMILES string of the molecule is COC(=O)CC[C@@H]1Nc2ccc(Br)cc2NC1=C=O. The summed E-state index contributed by atoms with van der Waals surface area (Å²) in [5.41, 5.74) is 2.09. The summed E-state index contributed by atoms with van der Waals surface area (Å²) < 4.78 is 5.51. The van der Waals surface area contributed by atoms with Gasteiger partial charge in [-0.15, -0.1) is 0 Å². The van der Waals surface area contributed by atoms with E-state index in [0.29, 0.717) is 12.1 Å². The van der Waals surface area contributed by atoms with Gasteiger partial charge in [0.05, 0.1) is 24.5 Å². The van der Waals surface area contributed by atoms with Gasteiger partial charge in [-0.1, -0.05) is 15.9 Å². The third kappa shape index (κ3) is 3.16. The Labute approximate surface area is 119 Å². The van der Waals surface area contributed by atoms with Gasteiger partial charge in [-0.3, -0.25) is 4.79 Å². The number of hydrogen-bond acceptors (Lipinski definition) is 5. The molecule has 1 heterocycles. The van der Waals surface area contributed by atoms with Crippen LogP contribution in [0.25, 0.3) is 0 Å². The van der Waals surface area contributed by atoms with E-state index in [1.165, 1.54) is 7.11 Å². The number of methoxy groups -OCH3 is 1. The van der Waals surface area contributed by atoms with Gasteiger partial charge in [0.2, 0.25) is 0 Å². The number of fused-ring (bicyclic) bond motifs is 1. The maximum absolute atomic E-state index is 11.2. The smallest absolute Gasteiger partial charge is 0.305 e. The molecular formula is C13H13BrN2O3. The molecule has 100 valence electrons. The Kier molecular flexibility index (Phi) is 4.24. The summed E-state index contributed by atoms with van der Waals surface area (Å²) in [6, 6.07) is 5.42. The highest BCUT2D eigenvalue weighted by Gasteiger charge is 2.24. The summed E-state index contributed by atoms with van der Waals surface area (Å²) in [5, 5.41) is 6.24. The molecule has 0 saturated carbocycles. The van der Waals surface area contributed by atoms with Crippen LogP contribution in [0.4, 0.5) is 11.4 Å². The number of rotatable bonds is 3. The van der Waals surface area contributed by atoms with E-state index in [0.717, 1.165) is 15.8 Å². The van der Waals surface area contributed by atoms with Crippen LogP contribution < -0.4 is 10.6 Å². The van der Waals surface area contributed by atoms with Crippen LogP contribution in [-0.2, 0) is 14.3 Å². The quantitative estimate of drug-likeness (QED) is 0.659. The predicted molar refractivity (Wildman–Crippen MR) is 75.6 cm³/mol. The zero-order valence-electron chi connectivity index (χ0n) is 10.3. The van der Waals surface area contributed by atoms with Crippen molar-refractivity contribution in [2.45, 2.75) is 18.9 Å². The predicted octanol–water partition coefficient (Wildman–Crippen LogP) is 2.32. The van der Waals surface area contributed by atoms with Gasteiger partial charge in [0.1, 0.15) is 11.6 Å². The number of ether oxygens (including phenoxy) is 1. The number of anilines is 2. The fourth-order valence-corrected chi connectivity index (χ4v) is 2.28. The number of esters is 1. The van der Waals surface area contributed by atoms with Gasteiger partial charge in [0.25, 0.3) is 0 Å². The zero-order valence-corrected chi connectivity index (χ0v) is 11.9. The third-order valence-corrected chi connectivity index (χ3v) is 3.40.